The molecule has 4 rings (SSSR count). The maximum absolute atomic E-state index is 12.7. The van der Waals surface area contributed by atoms with Crippen molar-refractivity contribution in [3.63, 3.8) is 0 Å². The van der Waals surface area contributed by atoms with Crippen LogP contribution in [-0.4, -0.2) is 15.7 Å². The molecule has 0 fully saturated rings. The van der Waals surface area contributed by atoms with Crippen molar-refractivity contribution >= 4 is 16.7 Å². The van der Waals surface area contributed by atoms with Gasteiger partial charge < -0.3 is 9.47 Å². The average Bonchev–Trinajstić information content (AvgIpc) is 2.76. The lowest BCUT2D eigenvalue weighted by Gasteiger charge is -2.09. The van der Waals surface area contributed by atoms with E-state index in [1.165, 1.54) is 7.05 Å². The van der Waals surface area contributed by atoms with Gasteiger partial charge in [0.25, 0.3) is 5.56 Å². The number of rotatable bonds is 5. The summed E-state index contributed by atoms with van der Waals surface area (Å²) in [6.07, 6.45) is 0. The Labute approximate surface area is 166 Å². The predicted molar refractivity (Wildman–Crippen MR) is 109 cm³/mol. The largest absolute Gasteiger partial charge is 0.489 e. The third kappa shape index (κ3) is 4.01. The lowest BCUT2D eigenvalue weighted by molar-refractivity contribution is 0.0728. The van der Waals surface area contributed by atoms with E-state index < -0.39 is 5.97 Å². The van der Waals surface area contributed by atoms with Crippen LogP contribution in [0.5, 0.6) is 11.5 Å². The van der Waals surface area contributed by atoms with Gasteiger partial charge in [-0.3, -0.25) is 4.79 Å². The number of aromatic nitrogens is 2. The molecule has 4 aromatic rings. The zero-order valence-corrected chi connectivity index (χ0v) is 15.7. The summed E-state index contributed by atoms with van der Waals surface area (Å²) in [6.45, 7) is 0.452. The van der Waals surface area contributed by atoms with Crippen molar-refractivity contribution in [1.82, 2.24) is 9.78 Å². The zero-order valence-electron chi connectivity index (χ0n) is 15.7. The SMILES string of the molecule is Cn1nc(C(=O)Oc2ccc(OCc3ccccc3)cc2)c2ccccc2c1=O. The van der Waals surface area contributed by atoms with Gasteiger partial charge >= 0.3 is 5.97 Å². The number of aryl methyl sites for hydroxylation is 1. The molecule has 6 nitrogen and oxygen atoms in total. The maximum Gasteiger partial charge on any atom is 0.364 e. The highest BCUT2D eigenvalue weighted by molar-refractivity contribution is 6.02. The second kappa shape index (κ2) is 7.98. The van der Waals surface area contributed by atoms with Crippen LogP contribution >= 0.6 is 0 Å². The van der Waals surface area contributed by atoms with E-state index in [4.69, 9.17) is 9.47 Å². The zero-order chi connectivity index (χ0) is 20.2. The minimum atomic E-state index is -0.630. The Kier molecular flexibility index (Phi) is 5.07. The van der Waals surface area contributed by atoms with Crippen LogP contribution in [0.2, 0.25) is 0 Å². The number of esters is 1. The molecule has 0 amide bonds. The molecule has 0 unspecified atom stereocenters. The Bertz CT molecular complexity index is 1220. The smallest absolute Gasteiger partial charge is 0.364 e. The van der Waals surface area contributed by atoms with Gasteiger partial charge in [0.2, 0.25) is 0 Å². The molecule has 0 N–H and O–H groups in total. The summed E-state index contributed by atoms with van der Waals surface area (Å²) in [5, 5.41) is 4.96. The number of ether oxygens (including phenoxy) is 2. The van der Waals surface area contributed by atoms with Crippen molar-refractivity contribution in [2.75, 3.05) is 0 Å². The number of carbonyl (C=O) groups is 1. The summed E-state index contributed by atoms with van der Waals surface area (Å²) < 4.78 is 12.3. The molecule has 1 aromatic heterocycles. The summed E-state index contributed by atoms with van der Waals surface area (Å²) >= 11 is 0. The van der Waals surface area contributed by atoms with Crippen LogP contribution in [0.15, 0.2) is 83.7 Å². The summed E-state index contributed by atoms with van der Waals surface area (Å²) in [4.78, 5) is 24.9. The molecule has 6 heteroatoms. The van der Waals surface area contributed by atoms with Crippen molar-refractivity contribution in [3.05, 3.63) is 100 Å². The monoisotopic (exact) mass is 386 g/mol. The fourth-order valence-corrected chi connectivity index (χ4v) is 2.95. The fourth-order valence-electron chi connectivity index (χ4n) is 2.95. The number of hydrogen-bond acceptors (Lipinski definition) is 5. The standard InChI is InChI=1S/C23H18N2O4/c1-25-22(26)20-10-6-5-9-19(20)21(24-25)23(27)29-18-13-11-17(12-14-18)28-15-16-7-3-2-4-8-16/h2-14H,15H2,1H3. The summed E-state index contributed by atoms with van der Waals surface area (Å²) in [7, 11) is 1.50. The number of nitrogens with zero attached hydrogens (tertiary/aromatic N) is 2. The predicted octanol–water partition coefficient (Wildman–Crippen LogP) is 3.73. The first kappa shape index (κ1) is 18.4. The van der Waals surface area contributed by atoms with Gasteiger partial charge in [-0.15, -0.1) is 0 Å². The van der Waals surface area contributed by atoms with E-state index in [-0.39, 0.29) is 11.3 Å². The highest BCUT2D eigenvalue weighted by Gasteiger charge is 2.17. The normalized spacial score (nSPS) is 10.7. The quantitative estimate of drug-likeness (QED) is 0.386. The number of carbonyl (C=O) groups excluding carboxylic acids is 1. The molecule has 0 aliphatic carbocycles. The van der Waals surface area contributed by atoms with E-state index in [0.717, 1.165) is 10.2 Å². The van der Waals surface area contributed by atoms with Gasteiger partial charge in [-0.05, 0) is 35.9 Å². The molecule has 0 saturated carbocycles. The molecule has 3 aromatic carbocycles. The van der Waals surface area contributed by atoms with Gasteiger partial charge in [0.15, 0.2) is 5.69 Å². The topological polar surface area (TPSA) is 70.4 Å². The Morgan fingerprint density at radius 2 is 1.48 bits per heavy atom. The third-order valence-electron chi connectivity index (χ3n) is 4.43. The van der Waals surface area contributed by atoms with Crippen LogP contribution in [0.1, 0.15) is 16.1 Å². The molecular formula is C23H18N2O4. The van der Waals surface area contributed by atoms with Crippen molar-refractivity contribution in [3.8, 4) is 11.5 Å². The molecule has 0 spiro atoms. The Morgan fingerprint density at radius 3 is 2.21 bits per heavy atom. The van der Waals surface area contributed by atoms with Crippen molar-refractivity contribution in [1.29, 1.82) is 0 Å². The molecule has 29 heavy (non-hydrogen) atoms. The minimum Gasteiger partial charge on any atom is -0.489 e. The van der Waals surface area contributed by atoms with Crippen LogP contribution < -0.4 is 15.0 Å². The van der Waals surface area contributed by atoms with Gasteiger partial charge in [0, 0.05) is 12.4 Å². The molecular weight excluding hydrogens is 368 g/mol. The minimum absolute atomic E-state index is 0.0899. The third-order valence-corrected chi connectivity index (χ3v) is 4.43. The molecule has 0 atom stereocenters. The number of fused-ring (bicyclic) bond motifs is 1. The van der Waals surface area contributed by atoms with E-state index in [0.29, 0.717) is 28.9 Å². The lowest BCUT2D eigenvalue weighted by atomic mass is 10.1. The summed E-state index contributed by atoms with van der Waals surface area (Å²) in [5.74, 6) is 0.399. The Morgan fingerprint density at radius 1 is 0.862 bits per heavy atom. The fraction of sp³-hybridized carbons (Fsp3) is 0.0870. The van der Waals surface area contributed by atoms with E-state index in [1.54, 1.807) is 48.5 Å². The molecule has 1 heterocycles. The second-order valence-electron chi connectivity index (χ2n) is 6.46. The van der Waals surface area contributed by atoms with Gasteiger partial charge in [0.1, 0.15) is 18.1 Å². The first-order valence-electron chi connectivity index (χ1n) is 9.07. The highest BCUT2D eigenvalue weighted by Crippen LogP contribution is 2.21. The van der Waals surface area contributed by atoms with E-state index in [9.17, 15) is 9.59 Å². The molecule has 0 aliphatic heterocycles. The second-order valence-corrected chi connectivity index (χ2v) is 6.46. The lowest BCUT2D eigenvalue weighted by Crippen LogP contribution is -2.24. The highest BCUT2D eigenvalue weighted by atomic mass is 16.5. The summed E-state index contributed by atoms with van der Waals surface area (Å²) in [5.41, 5.74) is 0.889. The van der Waals surface area contributed by atoms with Gasteiger partial charge in [-0.1, -0.05) is 48.5 Å². The average molecular weight is 386 g/mol. The van der Waals surface area contributed by atoms with E-state index in [1.807, 2.05) is 30.3 Å². The van der Waals surface area contributed by atoms with Crippen LogP contribution in [-0.2, 0) is 13.7 Å². The molecule has 0 bridgehead atoms. The molecule has 144 valence electrons. The number of hydrogen-bond donors (Lipinski definition) is 0. The molecule has 0 aliphatic rings. The maximum atomic E-state index is 12.7. The van der Waals surface area contributed by atoms with Crippen LogP contribution in [0, 0.1) is 0 Å². The first-order valence-corrected chi connectivity index (χ1v) is 9.07. The summed E-state index contributed by atoms with van der Waals surface area (Å²) in [6, 6.07) is 23.5. The Balaban J connectivity index is 1.50. The van der Waals surface area contributed by atoms with E-state index >= 15 is 0 Å². The van der Waals surface area contributed by atoms with Crippen molar-refractivity contribution in [2.24, 2.45) is 7.05 Å². The van der Waals surface area contributed by atoms with Gasteiger partial charge in [-0.25, -0.2) is 9.48 Å². The molecule has 0 saturated heterocycles. The van der Waals surface area contributed by atoms with Crippen LogP contribution in [0.4, 0.5) is 0 Å². The van der Waals surface area contributed by atoms with Gasteiger partial charge in [-0.2, -0.15) is 5.10 Å². The van der Waals surface area contributed by atoms with E-state index in [2.05, 4.69) is 5.10 Å². The Hall–Kier alpha value is -3.93. The molecule has 0 radical (unpaired) electrons. The number of benzene rings is 3. The first-order chi connectivity index (χ1) is 14.1. The van der Waals surface area contributed by atoms with Crippen LogP contribution in [0.3, 0.4) is 0 Å². The van der Waals surface area contributed by atoms with Crippen molar-refractivity contribution < 1.29 is 14.3 Å². The van der Waals surface area contributed by atoms with Gasteiger partial charge in [0.05, 0.1) is 5.39 Å². The van der Waals surface area contributed by atoms with Crippen molar-refractivity contribution in [2.45, 2.75) is 6.61 Å². The van der Waals surface area contributed by atoms with Crippen LogP contribution in [0.25, 0.3) is 10.8 Å².